The lowest BCUT2D eigenvalue weighted by Gasteiger charge is -2.19. The number of ether oxygens (including phenoxy) is 1. The van der Waals surface area contributed by atoms with Crippen molar-refractivity contribution in [2.45, 2.75) is 13.0 Å². The summed E-state index contributed by atoms with van der Waals surface area (Å²) in [6, 6.07) is 16.3. The van der Waals surface area contributed by atoms with Crippen LogP contribution in [0.1, 0.15) is 16.7 Å². The van der Waals surface area contributed by atoms with Gasteiger partial charge in [0, 0.05) is 0 Å². The van der Waals surface area contributed by atoms with Crippen LogP contribution >= 0.6 is 0 Å². The molecule has 0 bridgehead atoms. The molecule has 1 heterocycles. The molecule has 1 aliphatic heterocycles. The van der Waals surface area contributed by atoms with Crippen LogP contribution < -0.4 is 5.32 Å². The van der Waals surface area contributed by atoms with E-state index in [4.69, 9.17) is 10.00 Å². The van der Waals surface area contributed by atoms with Crippen LogP contribution in [-0.4, -0.2) is 20.7 Å². The molecule has 21 heavy (non-hydrogen) atoms. The summed E-state index contributed by atoms with van der Waals surface area (Å²) in [6.45, 7) is 1.50. The highest BCUT2D eigenvalue weighted by atomic mass is 16.5. The van der Waals surface area contributed by atoms with Gasteiger partial charge >= 0.3 is 0 Å². The SMILES string of the molecule is CNC.N#Cc1ccc(-c2cccc3c2COCC3)cc1. The molecule has 0 unspecified atom stereocenters. The quantitative estimate of drug-likeness (QED) is 0.873. The molecule has 1 aliphatic rings. The van der Waals surface area contributed by atoms with E-state index >= 15 is 0 Å². The van der Waals surface area contributed by atoms with E-state index in [2.05, 4.69) is 29.6 Å². The minimum Gasteiger partial charge on any atom is -0.376 e. The normalized spacial score (nSPS) is 12.6. The van der Waals surface area contributed by atoms with Gasteiger partial charge in [-0.15, -0.1) is 0 Å². The molecular formula is C18H20N2O. The van der Waals surface area contributed by atoms with Crippen LogP contribution in [-0.2, 0) is 17.8 Å². The molecule has 0 fully saturated rings. The second kappa shape index (κ2) is 7.58. The maximum absolute atomic E-state index is 8.82. The minimum absolute atomic E-state index is 0.686. The lowest BCUT2D eigenvalue weighted by molar-refractivity contribution is 0.111. The molecule has 0 aliphatic carbocycles. The zero-order valence-corrected chi connectivity index (χ0v) is 12.5. The molecule has 0 spiro atoms. The van der Waals surface area contributed by atoms with Gasteiger partial charge in [0.1, 0.15) is 0 Å². The van der Waals surface area contributed by atoms with Crippen molar-refractivity contribution in [3.63, 3.8) is 0 Å². The monoisotopic (exact) mass is 280 g/mol. The van der Waals surface area contributed by atoms with Gasteiger partial charge in [0.2, 0.25) is 0 Å². The highest BCUT2D eigenvalue weighted by Gasteiger charge is 2.13. The third-order valence-corrected chi connectivity index (χ3v) is 3.36. The van der Waals surface area contributed by atoms with Crippen LogP contribution in [0, 0.1) is 11.3 Å². The Morgan fingerprint density at radius 1 is 1.10 bits per heavy atom. The molecule has 1 N–H and O–H groups in total. The van der Waals surface area contributed by atoms with Gasteiger partial charge < -0.3 is 10.1 Å². The number of fused-ring (bicyclic) bond motifs is 1. The Morgan fingerprint density at radius 3 is 2.48 bits per heavy atom. The topological polar surface area (TPSA) is 45.0 Å². The van der Waals surface area contributed by atoms with E-state index in [0.29, 0.717) is 12.2 Å². The van der Waals surface area contributed by atoms with E-state index in [1.165, 1.54) is 16.7 Å². The first-order valence-corrected chi connectivity index (χ1v) is 7.07. The standard InChI is InChI=1S/C16H13NO.C2H7N/c17-10-12-4-6-14(7-5-12)15-3-1-2-13-8-9-18-11-16(13)15;1-3-2/h1-7H,8-9,11H2;3H,1-2H3. The molecule has 108 valence electrons. The highest BCUT2D eigenvalue weighted by Crippen LogP contribution is 2.29. The Hall–Kier alpha value is -2.15. The first-order valence-electron chi connectivity index (χ1n) is 7.07. The summed E-state index contributed by atoms with van der Waals surface area (Å²) in [5, 5.41) is 11.6. The van der Waals surface area contributed by atoms with Gasteiger partial charge in [-0.1, -0.05) is 30.3 Å². The summed E-state index contributed by atoms with van der Waals surface area (Å²) in [7, 11) is 3.75. The van der Waals surface area contributed by atoms with Crippen molar-refractivity contribution in [2.75, 3.05) is 20.7 Å². The largest absolute Gasteiger partial charge is 0.376 e. The summed E-state index contributed by atoms with van der Waals surface area (Å²) >= 11 is 0. The Bertz CT molecular complexity index is 627. The van der Waals surface area contributed by atoms with Crippen molar-refractivity contribution in [1.82, 2.24) is 5.32 Å². The fraction of sp³-hybridized carbons (Fsp3) is 0.278. The number of nitrogens with one attached hydrogen (secondary N) is 1. The maximum Gasteiger partial charge on any atom is 0.0991 e. The molecule has 3 nitrogen and oxygen atoms in total. The average molecular weight is 280 g/mol. The number of rotatable bonds is 1. The van der Waals surface area contributed by atoms with E-state index in [1.807, 2.05) is 38.4 Å². The zero-order valence-electron chi connectivity index (χ0n) is 12.5. The molecular weight excluding hydrogens is 260 g/mol. The number of hydrogen-bond acceptors (Lipinski definition) is 3. The third kappa shape index (κ3) is 3.69. The summed E-state index contributed by atoms with van der Waals surface area (Å²) in [5.74, 6) is 0. The lowest BCUT2D eigenvalue weighted by Crippen LogP contribution is -2.10. The van der Waals surface area contributed by atoms with Crippen LogP contribution in [0.3, 0.4) is 0 Å². The average Bonchev–Trinajstić information content (AvgIpc) is 2.55. The molecule has 0 radical (unpaired) electrons. The third-order valence-electron chi connectivity index (χ3n) is 3.36. The molecule has 2 aromatic rings. The smallest absolute Gasteiger partial charge is 0.0991 e. The van der Waals surface area contributed by atoms with Gasteiger partial charge in [-0.3, -0.25) is 0 Å². The molecule has 3 rings (SSSR count). The zero-order chi connectivity index (χ0) is 15.1. The van der Waals surface area contributed by atoms with Gasteiger partial charge in [-0.25, -0.2) is 0 Å². The molecule has 0 aromatic heterocycles. The van der Waals surface area contributed by atoms with Crippen LogP contribution in [0.4, 0.5) is 0 Å². The molecule has 0 amide bonds. The van der Waals surface area contributed by atoms with Crippen LogP contribution in [0.25, 0.3) is 11.1 Å². The Morgan fingerprint density at radius 2 is 1.81 bits per heavy atom. The predicted octanol–water partition coefficient (Wildman–Crippen LogP) is 3.13. The van der Waals surface area contributed by atoms with Crippen molar-refractivity contribution in [3.05, 3.63) is 59.2 Å². The van der Waals surface area contributed by atoms with Gasteiger partial charge in [0.15, 0.2) is 0 Å². The van der Waals surface area contributed by atoms with Gasteiger partial charge in [-0.05, 0) is 54.9 Å². The van der Waals surface area contributed by atoms with Crippen molar-refractivity contribution >= 4 is 0 Å². The van der Waals surface area contributed by atoms with Crippen LogP contribution in [0.5, 0.6) is 0 Å². The molecule has 0 atom stereocenters. The molecule has 3 heteroatoms. The number of benzene rings is 2. The summed E-state index contributed by atoms with van der Waals surface area (Å²) in [4.78, 5) is 0. The Labute approximate surface area is 126 Å². The Balaban J connectivity index is 0.000000497. The number of hydrogen-bond donors (Lipinski definition) is 1. The lowest BCUT2D eigenvalue weighted by atomic mass is 9.93. The molecule has 0 saturated heterocycles. The fourth-order valence-electron chi connectivity index (χ4n) is 2.39. The first kappa shape index (κ1) is 15.2. The van der Waals surface area contributed by atoms with Gasteiger partial charge in [0.25, 0.3) is 0 Å². The van der Waals surface area contributed by atoms with Gasteiger partial charge in [0.05, 0.1) is 24.8 Å². The highest BCUT2D eigenvalue weighted by molar-refractivity contribution is 5.69. The second-order valence-electron chi connectivity index (χ2n) is 4.93. The second-order valence-corrected chi connectivity index (χ2v) is 4.93. The minimum atomic E-state index is 0.686. The van der Waals surface area contributed by atoms with Crippen molar-refractivity contribution < 1.29 is 4.74 Å². The van der Waals surface area contributed by atoms with E-state index in [1.54, 1.807) is 0 Å². The molecule has 0 saturated carbocycles. The predicted molar refractivity (Wildman–Crippen MR) is 84.9 cm³/mol. The summed E-state index contributed by atoms with van der Waals surface area (Å²) in [6.07, 6.45) is 0.986. The van der Waals surface area contributed by atoms with Crippen molar-refractivity contribution in [1.29, 1.82) is 5.26 Å². The summed E-state index contributed by atoms with van der Waals surface area (Å²) < 4.78 is 5.55. The maximum atomic E-state index is 8.82. The fourth-order valence-corrected chi connectivity index (χ4v) is 2.39. The Kier molecular flexibility index (Phi) is 5.51. The van der Waals surface area contributed by atoms with Crippen molar-refractivity contribution in [2.24, 2.45) is 0 Å². The van der Waals surface area contributed by atoms with E-state index in [-0.39, 0.29) is 0 Å². The number of nitrogens with zero attached hydrogens (tertiary/aromatic N) is 1. The number of nitriles is 1. The van der Waals surface area contributed by atoms with E-state index < -0.39 is 0 Å². The van der Waals surface area contributed by atoms with Crippen molar-refractivity contribution in [3.8, 4) is 17.2 Å². The first-order chi connectivity index (χ1) is 10.3. The summed E-state index contributed by atoms with van der Waals surface area (Å²) in [5.41, 5.74) is 5.73. The van der Waals surface area contributed by atoms with E-state index in [9.17, 15) is 0 Å². The molecule has 2 aromatic carbocycles. The van der Waals surface area contributed by atoms with Crippen LogP contribution in [0.15, 0.2) is 42.5 Å². The van der Waals surface area contributed by atoms with E-state index in [0.717, 1.165) is 18.6 Å². The van der Waals surface area contributed by atoms with Crippen LogP contribution in [0.2, 0.25) is 0 Å². The van der Waals surface area contributed by atoms with Gasteiger partial charge in [-0.2, -0.15) is 5.26 Å².